The highest BCUT2D eigenvalue weighted by Gasteiger charge is 2.87. The van der Waals surface area contributed by atoms with Crippen LogP contribution in [0.1, 0.15) is 51.9 Å². The minimum atomic E-state index is -3.97. The molecule has 2 aliphatic rings. The largest absolute Gasteiger partial charge is 0.505 e. The third-order valence-corrected chi connectivity index (χ3v) is 4.90. The van der Waals surface area contributed by atoms with Gasteiger partial charge in [0, 0.05) is 6.42 Å². The number of carboxylic acid groups (broad SMARTS) is 1. The lowest BCUT2D eigenvalue weighted by Crippen LogP contribution is -2.77. The van der Waals surface area contributed by atoms with Crippen molar-refractivity contribution in [3.05, 3.63) is 11.5 Å². The minimum Gasteiger partial charge on any atom is -0.505 e. The quantitative estimate of drug-likeness (QED) is 0.173. The van der Waals surface area contributed by atoms with Crippen molar-refractivity contribution >= 4 is 5.97 Å². The summed E-state index contributed by atoms with van der Waals surface area (Å²) in [5.74, 6) is -11.6. The Hall–Kier alpha value is -1.39. The highest BCUT2D eigenvalue weighted by Crippen LogP contribution is 2.62. The smallest absolute Gasteiger partial charge is 0.349 e. The van der Waals surface area contributed by atoms with Crippen LogP contribution in [0.3, 0.4) is 0 Å². The normalized spacial score (nSPS) is 32.9. The summed E-state index contributed by atoms with van der Waals surface area (Å²) in [7, 11) is 0. The number of ether oxygens (including phenoxy) is 1. The fraction of sp³-hybridized carbons (Fsp3) is 0.800. The van der Waals surface area contributed by atoms with Crippen LogP contribution in [-0.4, -0.2) is 64.5 Å². The summed E-state index contributed by atoms with van der Waals surface area (Å²) in [4.78, 5) is 11.2. The summed E-state index contributed by atoms with van der Waals surface area (Å²) in [5, 5.41) is 69.1. The maximum Gasteiger partial charge on any atom is 0.349 e. The van der Waals surface area contributed by atoms with E-state index in [9.17, 15) is 35.4 Å². The molecule has 138 valence electrons. The molecule has 0 bridgehead atoms. The molecule has 2 atom stereocenters. The number of hydrogen-bond donors (Lipinski definition) is 7. The molecule has 1 aliphatic carbocycles. The Labute approximate surface area is 138 Å². The van der Waals surface area contributed by atoms with E-state index in [1.54, 1.807) is 0 Å². The molecule has 0 radical (unpaired) electrons. The molecular formula is C15H24O9. The van der Waals surface area contributed by atoms with Gasteiger partial charge in [-0.3, -0.25) is 0 Å². The molecule has 24 heavy (non-hydrogen) atoms. The molecule has 0 amide bonds. The van der Waals surface area contributed by atoms with E-state index in [0.29, 0.717) is 12.8 Å². The first-order valence-corrected chi connectivity index (χ1v) is 7.99. The second-order valence-electron chi connectivity index (χ2n) is 6.48. The van der Waals surface area contributed by atoms with Crippen molar-refractivity contribution in [2.24, 2.45) is 0 Å². The molecule has 1 saturated heterocycles. The first-order valence-electron chi connectivity index (χ1n) is 7.99. The molecule has 1 fully saturated rings. The summed E-state index contributed by atoms with van der Waals surface area (Å²) >= 11 is 0. The predicted octanol–water partition coefficient (Wildman–Crippen LogP) is -0.533. The Morgan fingerprint density at radius 2 is 1.50 bits per heavy atom. The number of carboxylic acids is 1. The molecule has 1 heterocycles. The van der Waals surface area contributed by atoms with E-state index in [2.05, 4.69) is 6.92 Å². The van der Waals surface area contributed by atoms with Crippen molar-refractivity contribution in [2.45, 2.75) is 74.6 Å². The van der Waals surface area contributed by atoms with Crippen LogP contribution in [0.5, 0.6) is 0 Å². The molecule has 9 heteroatoms. The van der Waals surface area contributed by atoms with Crippen LogP contribution >= 0.6 is 0 Å². The van der Waals surface area contributed by atoms with E-state index in [4.69, 9.17) is 9.84 Å². The van der Waals surface area contributed by atoms with Crippen LogP contribution in [-0.2, 0) is 9.53 Å². The average Bonchev–Trinajstić information content (AvgIpc) is 3.24. The van der Waals surface area contributed by atoms with E-state index in [1.807, 2.05) is 0 Å². The molecule has 2 unspecified atom stereocenters. The fourth-order valence-electron chi connectivity index (χ4n) is 3.22. The number of epoxide rings is 1. The molecule has 0 aromatic heterocycles. The number of aliphatic hydroxyl groups is 6. The summed E-state index contributed by atoms with van der Waals surface area (Å²) in [6.45, 7) is 2.07. The van der Waals surface area contributed by atoms with Crippen molar-refractivity contribution in [1.29, 1.82) is 0 Å². The SMILES string of the molecule is CCCCCCCCC12OC1=C(O)C(O)(C(=O)O)C(O)(O)C2(O)O. The van der Waals surface area contributed by atoms with E-state index in [0.717, 1.165) is 25.7 Å². The van der Waals surface area contributed by atoms with E-state index < -0.39 is 40.3 Å². The third kappa shape index (κ3) is 2.23. The lowest BCUT2D eigenvalue weighted by Gasteiger charge is -2.46. The zero-order chi connectivity index (χ0) is 18.4. The number of aliphatic hydroxyl groups excluding tert-OH is 1. The van der Waals surface area contributed by atoms with Crippen LogP contribution in [0, 0.1) is 0 Å². The topological polar surface area (TPSA) is 171 Å². The van der Waals surface area contributed by atoms with E-state index >= 15 is 0 Å². The number of fused-ring (bicyclic) bond motifs is 1. The molecule has 0 aromatic carbocycles. The van der Waals surface area contributed by atoms with Crippen LogP contribution in [0.25, 0.3) is 0 Å². The van der Waals surface area contributed by atoms with Crippen LogP contribution in [0.4, 0.5) is 0 Å². The van der Waals surface area contributed by atoms with Gasteiger partial charge in [0.1, 0.15) is 0 Å². The van der Waals surface area contributed by atoms with Gasteiger partial charge in [-0.05, 0) is 6.42 Å². The lowest BCUT2D eigenvalue weighted by molar-refractivity contribution is -0.419. The second-order valence-corrected chi connectivity index (χ2v) is 6.48. The Morgan fingerprint density at radius 1 is 0.958 bits per heavy atom. The predicted molar refractivity (Wildman–Crippen MR) is 78.4 cm³/mol. The number of rotatable bonds is 8. The Balaban J connectivity index is 2.22. The maximum atomic E-state index is 11.2. The molecule has 9 nitrogen and oxygen atoms in total. The Kier molecular flexibility index (Phi) is 4.62. The minimum absolute atomic E-state index is 0.0793. The van der Waals surface area contributed by atoms with Crippen LogP contribution in [0.15, 0.2) is 11.5 Å². The van der Waals surface area contributed by atoms with Gasteiger partial charge in [0.05, 0.1) is 0 Å². The summed E-state index contributed by atoms with van der Waals surface area (Å²) in [5.41, 5.74) is -5.76. The molecule has 0 saturated carbocycles. The van der Waals surface area contributed by atoms with Gasteiger partial charge >= 0.3 is 5.97 Å². The van der Waals surface area contributed by atoms with Crippen molar-refractivity contribution in [3.8, 4) is 0 Å². The second kappa shape index (κ2) is 5.85. The van der Waals surface area contributed by atoms with Gasteiger partial charge in [0.25, 0.3) is 17.2 Å². The molecule has 0 aromatic rings. The van der Waals surface area contributed by atoms with Gasteiger partial charge in [-0.25, -0.2) is 4.79 Å². The van der Waals surface area contributed by atoms with Gasteiger partial charge in [0.2, 0.25) is 5.60 Å². The van der Waals surface area contributed by atoms with Gasteiger partial charge in [-0.1, -0.05) is 39.0 Å². The first-order chi connectivity index (χ1) is 11.0. The van der Waals surface area contributed by atoms with Crippen LogP contribution < -0.4 is 0 Å². The number of hydrogen-bond acceptors (Lipinski definition) is 8. The van der Waals surface area contributed by atoms with E-state index in [1.165, 1.54) is 0 Å². The summed E-state index contributed by atoms with van der Waals surface area (Å²) < 4.78 is 4.99. The van der Waals surface area contributed by atoms with Crippen molar-refractivity contribution < 1.29 is 45.3 Å². The molecule has 2 rings (SSSR count). The van der Waals surface area contributed by atoms with E-state index in [-0.39, 0.29) is 6.42 Å². The molecular weight excluding hydrogens is 324 g/mol. The van der Waals surface area contributed by atoms with Gasteiger partial charge in [-0.2, -0.15) is 0 Å². The van der Waals surface area contributed by atoms with Gasteiger partial charge < -0.3 is 40.5 Å². The molecule has 0 spiro atoms. The average molecular weight is 348 g/mol. The number of carbonyl (C=O) groups is 1. The van der Waals surface area contributed by atoms with Crippen molar-refractivity contribution in [1.82, 2.24) is 0 Å². The number of aliphatic carboxylic acids is 1. The fourth-order valence-corrected chi connectivity index (χ4v) is 3.22. The Bertz CT molecular complexity index is 553. The van der Waals surface area contributed by atoms with Crippen molar-refractivity contribution in [3.63, 3.8) is 0 Å². The maximum absolute atomic E-state index is 11.2. The lowest BCUT2D eigenvalue weighted by atomic mass is 9.71. The highest BCUT2D eigenvalue weighted by molar-refractivity contribution is 5.84. The zero-order valence-corrected chi connectivity index (χ0v) is 13.4. The number of unbranched alkanes of at least 4 members (excludes halogenated alkanes) is 5. The zero-order valence-electron chi connectivity index (χ0n) is 13.4. The first kappa shape index (κ1) is 18.9. The standard InChI is InChI=1S/C15H24O9/c1-2-3-4-5-6-7-8-12-10(24-12)9(16)13(19,11(17)18)15(22,23)14(12,20)21/h16,19-23H,2-8H2,1H3,(H,17,18). The van der Waals surface area contributed by atoms with Crippen LogP contribution in [0.2, 0.25) is 0 Å². The monoisotopic (exact) mass is 348 g/mol. The molecule has 7 N–H and O–H groups in total. The molecule has 1 aliphatic heterocycles. The highest BCUT2D eigenvalue weighted by atomic mass is 16.7. The summed E-state index contributed by atoms with van der Waals surface area (Å²) in [6, 6.07) is 0. The van der Waals surface area contributed by atoms with Gasteiger partial charge in [-0.15, -0.1) is 0 Å². The Morgan fingerprint density at radius 3 is 2.04 bits per heavy atom. The van der Waals surface area contributed by atoms with Gasteiger partial charge in [0.15, 0.2) is 11.5 Å². The van der Waals surface area contributed by atoms with Crippen molar-refractivity contribution in [2.75, 3.05) is 0 Å². The summed E-state index contributed by atoms with van der Waals surface area (Å²) in [6.07, 6.45) is 5.08. The third-order valence-electron chi connectivity index (χ3n) is 4.90.